The molecule has 18 atom stereocenters. The SMILES string of the molecule is CC[C@H](C)[C@H](NC(=O)[C@H](C)NC(=O)[C@@H](NC(=O)[C@H](CO)NC(=O)[C@@H]1CCCN1C(=O)[C@@H](NC(=O)CNC(=O)[C@@H](N)CCC(=O)O)C(C)C)[C@@H](C)O)C(=O)N[C@@H](CCCN=C(N)N)C(=O)N[C@@H](CCC(=O)O)C(=O)N[C@H](C(=O)N[C@@H](CO)C(=O)N[C@@H](CC(C)C)C(=O)N[C@@H](CC(C)C)C(=O)N[C@@H](CCCCN)C(=O)N[C@@H](CCC(=O)O)C(=O)O)[C@@H](C)CC. The van der Waals surface area contributed by atoms with Gasteiger partial charge in [-0.15, -0.1) is 0 Å². The Labute approximate surface area is 707 Å². The lowest BCUT2D eigenvalue weighted by molar-refractivity contribution is -0.144. The third kappa shape index (κ3) is 39.7. The number of amides is 15. The third-order valence-electron chi connectivity index (χ3n) is 19.9. The van der Waals surface area contributed by atoms with Crippen LogP contribution in [0.4, 0.5) is 0 Å². The van der Waals surface area contributed by atoms with Crippen molar-refractivity contribution in [2.45, 2.75) is 289 Å². The average molecular weight is 1740 g/mol. The maximum absolute atomic E-state index is 14.6. The second-order valence-corrected chi connectivity index (χ2v) is 31.5. The van der Waals surface area contributed by atoms with E-state index in [9.17, 15) is 117 Å². The molecule has 0 spiro atoms. The van der Waals surface area contributed by atoms with E-state index in [1.165, 1.54) is 13.8 Å². The highest BCUT2D eigenvalue weighted by molar-refractivity contribution is 6.01. The first-order valence-corrected chi connectivity index (χ1v) is 40.9. The summed E-state index contributed by atoms with van der Waals surface area (Å²) in [7, 11) is 0. The first-order chi connectivity index (χ1) is 57.1. The fourth-order valence-corrected chi connectivity index (χ4v) is 12.4. The van der Waals surface area contributed by atoms with Crippen LogP contribution in [-0.2, 0) is 91.1 Å². The molecular formula is C76H132N20O26. The number of carboxylic acid groups (broad SMARTS) is 4. The van der Waals surface area contributed by atoms with Crippen molar-refractivity contribution in [3.05, 3.63) is 0 Å². The van der Waals surface area contributed by atoms with Gasteiger partial charge in [-0.25, -0.2) is 4.79 Å². The fraction of sp³-hybridized carbons (Fsp3) is 0.737. The summed E-state index contributed by atoms with van der Waals surface area (Å²) in [5, 5.41) is 103. The number of guanidine groups is 1. The van der Waals surface area contributed by atoms with Crippen molar-refractivity contribution < 1.29 is 127 Å². The third-order valence-corrected chi connectivity index (χ3v) is 19.9. The number of hydrogen-bond donors (Lipinski definition) is 25. The normalized spacial score (nSPS) is 16.7. The molecule has 29 N–H and O–H groups in total. The Morgan fingerprint density at radius 1 is 0.434 bits per heavy atom. The fourth-order valence-electron chi connectivity index (χ4n) is 12.4. The zero-order chi connectivity index (χ0) is 93.1. The molecule has 1 fully saturated rings. The maximum atomic E-state index is 14.6. The minimum atomic E-state index is -1.90. The van der Waals surface area contributed by atoms with Crippen molar-refractivity contribution in [2.24, 2.45) is 57.5 Å². The summed E-state index contributed by atoms with van der Waals surface area (Å²) in [5.74, 6) is -23.6. The van der Waals surface area contributed by atoms with E-state index in [0.717, 1.165) is 11.8 Å². The van der Waals surface area contributed by atoms with E-state index in [4.69, 9.17) is 33.1 Å². The quantitative estimate of drug-likeness (QED) is 0.0153. The summed E-state index contributed by atoms with van der Waals surface area (Å²) in [6, 6.07) is -23.4. The molecule has 1 saturated heterocycles. The largest absolute Gasteiger partial charge is 0.481 e. The van der Waals surface area contributed by atoms with Gasteiger partial charge in [-0.3, -0.25) is 91.3 Å². The number of carbonyl (C=O) groups excluding carboxylic acids is 15. The van der Waals surface area contributed by atoms with Gasteiger partial charge in [0.15, 0.2) is 5.96 Å². The summed E-state index contributed by atoms with van der Waals surface area (Å²) in [6.07, 6.45) is -4.05. The molecule has 0 aromatic heterocycles. The van der Waals surface area contributed by atoms with Gasteiger partial charge in [-0.1, -0.05) is 82.1 Å². The molecule has 15 amide bonds. The molecule has 1 aliphatic heterocycles. The lowest BCUT2D eigenvalue weighted by Gasteiger charge is -2.31. The Hall–Kier alpha value is -11.0. The lowest BCUT2D eigenvalue weighted by atomic mass is 9.96. The minimum absolute atomic E-state index is 0.0139. The van der Waals surface area contributed by atoms with Crippen molar-refractivity contribution >= 4 is 118 Å². The van der Waals surface area contributed by atoms with Gasteiger partial charge in [-0.2, -0.15) is 0 Å². The summed E-state index contributed by atoms with van der Waals surface area (Å²) in [6.45, 7) is 15.8. The molecule has 1 heterocycles. The van der Waals surface area contributed by atoms with Crippen molar-refractivity contribution in [3.8, 4) is 0 Å². The molecule has 0 saturated carbocycles. The lowest BCUT2D eigenvalue weighted by Crippen LogP contribution is -2.62. The Kier molecular flexibility index (Phi) is 49.9. The number of carboxylic acids is 4. The van der Waals surface area contributed by atoms with Crippen LogP contribution in [0.2, 0.25) is 0 Å². The molecule has 0 aromatic rings. The van der Waals surface area contributed by atoms with Crippen LogP contribution in [0.25, 0.3) is 0 Å². The molecule has 0 aromatic carbocycles. The van der Waals surface area contributed by atoms with E-state index in [2.05, 4.69) is 79.4 Å². The van der Waals surface area contributed by atoms with Gasteiger partial charge < -0.3 is 138 Å². The summed E-state index contributed by atoms with van der Waals surface area (Å²) >= 11 is 0. The average Bonchev–Trinajstić information content (AvgIpc) is 1.66. The highest BCUT2D eigenvalue weighted by Crippen LogP contribution is 2.22. The van der Waals surface area contributed by atoms with Gasteiger partial charge in [0.05, 0.1) is 31.9 Å². The number of hydrogen-bond acceptors (Lipinski definition) is 25. The van der Waals surface area contributed by atoms with E-state index in [1.807, 2.05) is 0 Å². The second kappa shape index (κ2) is 55.8. The highest BCUT2D eigenvalue weighted by Gasteiger charge is 2.43. The zero-order valence-electron chi connectivity index (χ0n) is 71.5. The molecule has 0 bridgehead atoms. The van der Waals surface area contributed by atoms with Gasteiger partial charge in [0.25, 0.3) is 0 Å². The molecule has 122 heavy (non-hydrogen) atoms. The number of unbranched alkanes of at least 4 members (excludes halogenated alkanes) is 1. The van der Waals surface area contributed by atoms with E-state index >= 15 is 0 Å². The van der Waals surface area contributed by atoms with Crippen LogP contribution in [0.3, 0.4) is 0 Å². The van der Waals surface area contributed by atoms with Crippen molar-refractivity contribution in [3.63, 3.8) is 0 Å². The number of aliphatic hydroxyl groups excluding tert-OH is 3. The number of likely N-dealkylation sites (tertiary alicyclic amines) is 1. The number of nitrogens with zero attached hydrogens (tertiary/aromatic N) is 2. The Morgan fingerprint density at radius 3 is 1.28 bits per heavy atom. The predicted octanol–water partition coefficient (Wildman–Crippen LogP) is -7.19. The van der Waals surface area contributed by atoms with Gasteiger partial charge in [-0.05, 0) is 127 Å². The molecule has 0 unspecified atom stereocenters. The first kappa shape index (κ1) is 109. The number of carbonyl (C=O) groups is 19. The molecule has 1 aliphatic rings. The van der Waals surface area contributed by atoms with E-state index in [0.29, 0.717) is 6.42 Å². The summed E-state index contributed by atoms with van der Waals surface area (Å²) < 4.78 is 0. The smallest absolute Gasteiger partial charge is 0.326 e. The molecule has 1 rings (SSSR count). The van der Waals surface area contributed by atoms with Crippen LogP contribution >= 0.6 is 0 Å². The molecule has 0 aliphatic carbocycles. The maximum Gasteiger partial charge on any atom is 0.326 e. The molecular weight excluding hydrogens is 1610 g/mol. The first-order valence-electron chi connectivity index (χ1n) is 40.9. The molecule has 46 nitrogen and oxygen atoms in total. The van der Waals surface area contributed by atoms with Gasteiger partial charge in [0, 0.05) is 32.4 Å². The second-order valence-electron chi connectivity index (χ2n) is 31.5. The van der Waals surface area contributed by atoms with Crippen LogP contribution < -0.4 is 97.4 Å². The predicted molar refractivity (Wildman–Crippen MR) is 436 cm³/mol. The van der Waals surface area contributed by atoms with Crippen LogP contribution in [0.5, 0.6) is 0 Å². The Bertz CT molecular complexity index is 3580. The standard InChI is InChI=1S/C76H132N20O26/c1-13-39(9)58(93-61(107)41(11)83-73(119)60(42(12)99)95-69(115)51(35-98)90-70(116)52-21-18-30-96(52)74(120)57(38(7)8)92-53(100)33-82-62(108)43(78)22-25-54(101)102)71(117)86-45(20-17-29-81-76(79)80)63(109)85-46(23-26-55(103)104)65(111)94-59(40(10)14-2)72(118)91-50(34-97)68(114)89-49(32-37(5)6)67(113)88-48(31-36(3)4)66(112)84-44(19-15-16-28-77)64(110)87-47(75(121)122)24-27-56(105)106/h36-52,57-60,97-99H,13-35,77-78H2,1-12H3,(H,82,108)(H,83,119)(H,84,112)(H,85,109)(H,86,117)(H,87,110)(H,88,113)(H,89,114)(H,90,116)(H,91,118)(H,92,100)(H,93,107)(H,94,111)(H,95,115)(H,101,102)(H,103,104)(H,105,106)(H,121,122)(H4,79,80,81)/t39-,40-,41-,42+,43-,44-,45-,46-,47-,48-,49-,50-,51-,52-,57-,58-,59-,60-/m0/s1. The van der Waals surface area contributed by atoms with Crippen molar-refractivity contribution in [1.82, 2.24) is 79.3 Å². The van der Waals surface area contributed by atoms with E-state index < -0.39 is 279 Å². The summed E-state index contributed by atoms with van der Waals surface area (Å²) in [4.78, 5) is 260. The van der Waals surface area contributed by atoms with Crippen LogP contribution in [0, 0.1) is 29.6 Å². The number of rotatable bonds is 59. The number of nitrogens with one attached hydrogen (secondary N) is 14. The zero-order valence-corrected chi connectivity index (χ0v) is 71.5. The van der Waals surface area contributed by atoms with E-state index in [-0.39, 0.29) is 108 Å². The van der Waals surface area contributed by atoms with Gasteiger partial charge >= 0.3 is 23.9 Å². The van der Waals surface area contributed by atoms with Crippen LogP contribution in [0.1, 0.15) is 192 Å². The molecule has 0 radical (unpaired) electrons. The Morgan fingerprint density at radius 2 is 0.828 bits per heavy atom. The van der Waals surface area contributed by atoms with Gasteiger partial charge in [0.1, 0.15) is 84.6 Å². The molecule has 692 valence electrons. The number of nitrogens with two attached hydrogens (primary N) is 4. The number of aliphatic imine (C=N–C) groups is 1. The van der Waals surface area contributed by atoms with E-state index in [1.54, 1.807) is 62.3 Å². The van der Waals surface area contributed by atoms with Crippen molar-refractivity contribution in [1.29, 1.82) is 0 Å². The number of aliphatic hydroxyl groups is 3. The highest BCUT2D eigenvalue weighted by atomic mass is 16.4. The monoisotopic (exact) mass is 1740 g/mol. The van der Waals surface area contributed by atoms with Crippen LogP contribution in [0.15, 0.2) is 4.99 Å². The van der Waals surface area contributed by atoms with Crippen molar-refractivity contribution in [2.75, 3.05) is 39.4 Å². The van der Waals surface area contributed by atoms with Gasteiger partial charge in [0.2, 0.25) is 88.6 Å². The van der Waals surface area contributed by atoms with Crippen LogP contribution in [-0.4, -0.2) is 295 Å². The Balaban J connectivity index is 3.53. The minimum Gasteiger partial charge on any atom is -0.481 e. The molecule has 46 heteroatoms. The summed E-state index contributed by atoms with van der Waals surface area (Å²) in [5.41, 5.74) is 22.5. The number of aliphatic carboxylic acids is 4. The topological polar surface area (TPSA) is 754 Å².